The molecule has 3 aromatic carbocycles. The topological polar surface area (TPSA) is 68.5 Å². The number of hydrogen-bond acceptors (Lipinski definition) is 4. The molecule has 1 N–H and O–H groups in total. The lowest BCUT2D eigenvalue weighted by atomic mass is 9.98. The maximum absolute atomic E-state index is 12.9. The summed E-state index contributed by atoms with van der Waals surface area (Å²) < 4.78 is 11.7. The van der Waals surface area contributed by atoms with Gasteiger partial charge in [-0.25, -0.2) is 0 Å². The number of hydrogen-bond donors (Lipinski definition) is 1. The Bertz CT molecular complexity index is 1390. The third-order valence-electron chi connectivity index (χ3n) is 5.82. The van der Waals surface area contributed by atoms with Crippen molar-refractivity contribution in [3.63, 3.8) is 0 Å². The zero-order chi connectivity index (χ0) is 22.2. The van der Waals surface area contributed by atoms with E-state index in [-0.39, 0.29) is 17.4 Å². The molecule has 1 atom stereocenters. The average molecular weight is 425 g/mol. The van der Waals surface area contributed by atoms with E-state index in [4.69, 9.17) is 9.15 Å². The molecule has 0 radical (unpaired) electrons. The van der Waals surface area contributed by atoms with Gasteiger partial charge in [0, 0.05) is 29.2 Å². The highest BCUT2D eigenvalue weighted by Crippen LogP contribution is 2.33. The first-order valence-electron chi connectivity index (χ1n) is 10.7. The van der Waals surface area contributed by atoms with E-state index in [1.807, 2.05) is 44.2 Å². The van der Waals surface area contributed by atoms with Crippen LogP contribution in [0.1, 0.15) is 39.5 Å². The lowest BCUT2D eigenvalue weighted by Gasteiger charge is -2.27. The summed E-state index contributed by atoms with van der Waals surface area (Å²) >= 11 is 0. The van der Waals surface area contributed by atoms with Gasteiger partial charge in [0.2, 0.25) is 0 Å². The molecule has 0 fully saturated rings. The summed E-state index contributed by atoms with van der Waals surface area (Å²) in [6.07, 6.45) is 0.724. The van der Waals surface area contributed by atoms with Crippen LogP contribution in [0.3, 0.4) is 0 Å². The molecule has 0 spiro atoms. The standard InChI is InChI=1S/C27H23NO4/c1-16-3-9-24-20(13-16)22(11-12-31-24)28-27(30)19-7-5-18(6-8-19)26-15-23(29)21-14-17(2)4-10-25(21)32-26/h3-10,13-15,22H,11-12H2,1-2H3,(H,28,30). The molecule has 5 heteroatoms. The first kappa shape index (κ1) is 20.1. The van der Waals surface area contributed by atoms with Crippen LogP contribution in [0.5, 0.6) is 5.75 Å². The second-order valence-electron chi connectivity index (χ2n) is 8.26. The second-order valence-corrected chi connectivity index (χ2v) is 8.26. The zero-order valence-corrected chi connectivity index (χ0v) is 18.0. The molecule has 0 aliphatic carbocycles. The minimum atomic E-state index is -0.147. The van der Waals surface area contributed by atoms with Crippen molar-refractivity contribution in [3.05, 3.63) is 99.2 Å². The second kappa shape index (κ2) is 8.00. The van der Waals surface area contributed by atoms with Crippen LogP contribution in [-0.2, 0) is 0 Å². The van der Waals surface area contributed by atoms with Crippen LogP contribution in [-0.4, -0.2) is 12.5 Å². The summed E-state index contributed by atoms with van der Waals surface area (Å²) in [5, 5.41) is 3.69. The van der Waals surface area contributed by atoms with Crippen molar-refractivity contribution in [3.8, 4) is 17.1 Å². The van der Waals surface area contributed by atoms with E-state index in [2.05, 4.69) is 11.4 Å². The van der Waals surface area contributed by atoms with E-state index >= 15 is 0 Å². The van der Waals surface area contributed by atoms with Gasteiger partial charge in [-0.3, -0.25) is 9.59 Å². The Morgan fingerprint density at radius 1 is 0.938 bits per heavy atom. The van der Waals surface area contributed by atoms with Crippen LogP contribution >= 0.6 is 0 Å². The SMILES string of the molecule is Cc1ccc2c(c1)C(NC(=O)c1ccc(-c3cc(=O)c4cc(C)ccc4o3)cc1)CCO2. The number of benzene rings is 3. The van der Waals surface area contributed by atoms with Crippen LogP contribution in [0, 0.1) is 13.8 Å². The van der Waals surface area contributed by atoms with Gasteiger partial charge in [0.15, 0.2) is 5.43 Å². The number of fused-ring (bicyclic) bond motifs is 2. The smallest absolute Gasteiger partial charge is 0.251 e. The maximum Gasteiger partial charge on any atom is 0.251 e. The number of amides is 1. The molecule has 2 heterocycles. The van der Waals surface area contributed by atoms with Crippen molar-refractivity contribution < 1.29 is 13.9 Å². The number of carbonyl (C=O) groups is 1. The van der Waals surface area contributed by atoms with Gasteiger partial charge in [0.1, 0.15) is 17.1 Å². The summed E-state index contributed by atoms with van der Waals surface area (Å²) in [6.45, 7) is 4.54. The molecule has 1 aliphatic heterocycles. The van der Waals surface area contributed by atoms with Crippen molar-refractivity contribution in [2.75, 3.05) is 6.61 Å². The van der Waals surface area contributed by atoms with Gasteiger partial charge in [-0.15, -0.1) is 0 Å². The minimum absolute atomic E-state index is 0.0831. The van der Waals surface area contributed by atoms with Gasteiger partial charge in [-0.2, -0.15) is 0 Å². The molecule has 160 valence electrons. The molecule has 0 saturated heterocycles. The van der Waals surface area contributed by atoms with Gasteiger partial charge < -0.3 is 14.5 Å². The number of aryl methyl sites for hydroxylation is 2. The van der Waals surface area contributed by atoms with Gasteiger partial charge in [-0.1, -0.05) is 41.5 Å². The predicted molar refractivity (Wildman–Crippen MR) is 124 cm³/mol. The molecule has 1 aromatic heterocycles. The molecular weight excluding hydrogens is 402 g/mol. The van der Waals surface area contributed by atoms with E-state index < -0.39 is 0 Å². The molecule has 5 nitrogen and oxygen atoms in total. The first-order chi connectivity index (χ1) is 15.5. The van der Waals surface area contributed by atoms with E-state index in [1.54, 1.807) is 24.3 Å². The molecule has 0 bridgehead atoms. The zero-order valence-electron chi connectivity index (χ0n) is 18.0. The van der Waals surface area contributed by atoms with E-state index in [9.17, 15) is 9.59 Å². The fourth-order valence-electron chi connectivity index (χ4n) is 4.10. The van der Waals surface area contributed by atoms with E-state index in [0.717, 1.165) is 34.4 Å². The minimum Gasteiger partial charge on any atom is -0.493 e. The van der Waals surface area contributed by atoms with Gasteiger partial charge >= 0.3 is 0 Å². The van der Waals surface area contributed by atoms with Crippen molar-refractivity contribution in [1.29, 1.82) is 0 Å². The van der Waals surface area contributed by atoms with Crippen LogP contribution in [0.4, 0.5) is 0 Å². The maximum atomic E-state index is 12.9. The molecule has 32 heavy (non-hydrogen) atoms. The molecule has 1 unspecified atom stereocenters. The number of carbonyl (C=O) groups excluding carboxylic acids is 1. The fraction of sp³-hybridized carbons (Fsp3) is 0.185. The Hall–Kier alpha value is -3.86. The van der Waals surface area contributed by atoms with Gasteiger partial charge in [0.25, 0.3) is 5.91 Å². The molecule has 1 amide bonds. The van der Waals surface area contributed by atoms with Crippen LogP contribution in [0.15, 0.2) is 75.9 Å². The van der Waals surface area contributed by atoms with E-state index in [1.165, 1.54) is 6.07 Å². The number of rotatable bonds is 3. The normalized spacial score (nSPS) is 15.1. The van der Waals surface area contributed by atoms with Crippen molar-refractivity contribution >= 4 is 16.9 Å². The van der Waals surface area contributed by atoms with Gasteiger partial charge in [0.05, 0.1) is 18.0 Å². The molecule has 4 aromatic rings. The summed E-state index contributed by atoms with van der Waals surface area (Å²) in [6, 6.07) is 20.1. The summed E-state index contributed by atoms with van der Waals surface area (Å²) in [5.74, 6) is 1.16. The molecule has 1 aliphatic rings. The Kier molecular flexibility index (Phi) is 5.02. The Balaban J connectivity index is 1.38. The van der Waals surface area contributed by atoms with E-state index in [0.29, 0.717) is 28.9 Å². The van der Waals surface area contributed by atoms with Crippen molar-refractivity contribution in [1.82, 2.24) is 5.32 Å². The predicted octanol–water partition coefficient (Wildman–Crippen LogP) is 5.33. The highest BCUT2D eigenvalue weighted by molar-refractivity contribution is 5.95. The first-order valence-corrected chi connectivity index (χ1v) is 10.7. The third-order valence-corrected chi connectivity index (χ3v) is 5.82. The highest BCUT2D eigenvalue weighted by Gasteiger charge is 2.23. The highest BCUT2D eigenvalue weighted by atomic mass is 16.5. The monoisotopic (exact) mass is 425 g/mol. The molecule has 5 rings (SSSR count). The Morgan fingerprint density at radius 2 is 1.69 bits per heavy atom. The van der Waals surface area contributed by atoms with Crippen LogP contribution in [0.2, 0.25) is 0 Å². The quantitative estimate of drug-likeness (QED) is 0.482. The lowest BCUT2D eigenvalue weighted by Crippen LogP contribution is -2.32. The van der Waals surface area contributed by atoms with Gasteiger partial charge in [-0.05, 0) is 44.2 Å². The summed E-state index contributed by atoms with van der Waals surface area (Å²) in [4.78, 5) is 25.4. The lowest BCUT2D eigenvalue weighted by molar-refractivity contribution is 0.0924. The summed E-state index contributed by atoms with van der Waals surface area (Å²) in [7, 11) is 0. The molecular formula is C27H23NO4. The third kappa shape index (κ3) is 3.78. The average Bonchev–Trinajstić information content (AvgIpc) is 2.80. The Labute approximate surface area is 185 Å². The number of nitrogens with one attached hydrogen (secondary N) is 1. The largest absolute Gasteiger partial charge is 0.493 e. The van der Waals surface area contributed by atoms with Crippen molar-refractivity contribution in [2.24, 2.45) is 0 Å². The van der Waals surface area contributed by atoms with Crippen molar-refractivity contribution in [2.45, 2.75) is 26.3 Å². The van der Waals surface area contributed by atoms with Crippen LogP contribution < -0.4 is 15.5 Å². The summed E-state index contributed by atoms with van der Waals surface area (Å²) in [5.41, 5.74) is 4.91. The Morgan fingerprint density at radius 3 is 2.50 bits per heavy atom. The molecule has 0 saturated carbocycles. The fourth-order valence-corrected chi connectivity index (χ4v) is 4.10. The number of ether oxygens (including phenoxy) is 1. The van der Waals surface area contributed by atoms with Crippen LogP contribution in [0.25, 0.3) is 22.3 Å².